The molecule has 0 atom stereocenters. The zero-order valence-corrected chi connectivity index (χ0v) is 20.8. The van der Waals surface area contributed by atoms with E-state index in [4.69, 9.17) is 4.98 Å². The number of aromatic nitrogens is 6. The average molecular weight is 504 g/mol. The van der Waals surface area contributed by atoms with Crippen LogP contribution in [0.4, 0.5) is 4.39 Å². The second kappa shape index (κ2) is 9.46. The molecule has 38 heavy (non-hydrogen) atoms. The molecule has 0 bridgehead atoms. The molecule has 7 rings (SSSR count). The minimum absolute atomic E-state index is 0.276. The Morgan fingerprint density at radius 3 is 2.58 bits per heavy atom. The van der Waals surface area contributed by atoms with Crippen LogP contribution in [0.15, 0.2) is 73.4 Å². The highest BCUT2D eigenvalue weighted by Gasteiger charge is 2.17. The fraction of sp³-hybridized carbons (Fsp3) is 0.200. The van der Waals surface area contributed by atoms with Gasteiger partial charge in [-0.05, 0) is 55.8 Å². The molecule has 1 aliphatic rings. The Kier molecular flexibility index (Phi) is 5.66. The fourth-order valence-electron chi connectivity index (χ4n) is 5.44. The zero-order chi connectivity index (χ0) is 25.5. The van der Waals surface area contributed by atoms with E-state index in [1.54, 1.807) is 24.5 Å². The minimum Gasteiger partial charge on any atom is -0.352 e. The number of rotatable bonds is 5. The van der Waals surface area contributed by atoms with Gasteiger partial charge in [0.25, 0.3) is 0 Å². The van der Waals surface area contributed by atoms with Crippen molar-refractivity contribution in [3.8, 4) is 33.8 Å². The number of hydrogen-bond donors (Lipinski definition) is 2. The summed E-state index contributed by atoms with van der Waals surface area (Å²) in [4.78, 5) is 19.5. The van der Waals surface area contributed by atoms with Crippen LogP contribution < -0.4 is 0 Å². The van der Waals surface area contributed by atoms with Crippen molar-refractivity contribution in [1.29, 1.82) is 0 Å². The molecule has 6 aromatic rings. The van der Waals surface area contributed by atoms with E-state index in [9.17, 15) is 4.39 Å². The van der Waals surface area contributed by atoms with E-state index in [0.717, 1.165) is 69.6 Å². The predicted octanol–water partition coefficient (Wildman–Crippen LogP) is 6.36. The topological polar surface area (TPSA) is 86.4 Å². The van der Waals surface area contributed by atoms with Crippen molar-refractivity contribution in [3.63, 3.8) is 0 Å². The molecule has 6 heterocycles. The molecular formula is C30H26FN7. The van der Waals surface area contributed by atoms with Crippen LogP contribution in [0.5, 0.6) is 0 Å². The summed E-state index contributed by atoms with van der Waals surface area (Å²) in [6.45, 7) is 3.20. The molecule has 0 unspecified atom stereocenters. The number of aromatic amines is 2. The average Bonchev–Trinajstić information content (AvgIpc) is 3.58. The van der Waals surface area contributed by atoms with Gasteiger partial charge in [-0.25, -0.2) is 4.39 Å². The third kappa shape index (κ3) is 4.13. The molecule has 8 heteroatoms. The number of hydrogen-bond acceptors (Lipinski definition) is 5. The molecule has 0 radical (unpaired) electrons. The molecule has 7 nitrogen and oxygen atoms in total. The summed E-state index contributed by atoms with van der Waals surface area (Å²) in [7, 11) is 0. The lowest BCUT2D eigenvalue weighted by Crippen LogP contribution is -2.29. The maximum Gasteiger partial charge on any atom is 0.131 e. The molecule has 1 saturated heterocycles. The van der Waals surface area contributed by atoms with Crippen molar-refractivity contribution in [3.05, 3.63) is 84.8 Å². The number of likely N-dealkylation sites (tertiary alicyclic amines) is 1. The molecule has 2 N–H and O–H groups in total. The summed E-state index contributed by atoms with van der Waals surface area (Å²) in [5, 5.41) is 9.53. The Bertz CT molecular complexity index is 1760. The smallest absolute Gasteiger partial charge is 0.131 e. The van der Waals surface area contributed by atoms with Gasteiger partial charge in [0.2, 0.25) is 0 Å². The van der Waals surface area contributed by atoms with Crippen LogP contribution in [0.25, 0.3) is 55.6 Å². The van der Waals surface area contributed by atoms with E-state index in [1.165, 1.54) is 30.9 Å². The van der Waals surface area contributed by atoms with Crippen molar-refractivity contribution < 1.29 is 4.39 Å². The van der Waals surface area contributed by atoms with Gasteiger partial charge in [0.05, 0.1) is 34.8 Å². The van der Waals surface area contributed by atoms with Crippen molar-refractivity contribution in [2.75, 3.05) is 13.1 Å². The molecule has 1 aliphatic heterocycles. The molecule has 5 aromatic heterocycles. The Labute approximate surface area is 218 Å². The summed E-state index contributed by atoms with van der Waals surface area (Å²) in [5.41, 5.74) is 7.54. The highest BCUT2D eigenvalue weighted by Crippen LogP contribution is 2.35. The van der Waals surface area contributed by atoms with Gasteiger partial charge >= 0.3 is 0 Å². The largest absolute Gasteiger partial charge is 0.352 e. The molecule has 0 aliphatic carbocycles. The summed E-state index contributed by atoms with van der Waals surface area (Å²) >= 11 is 0. The van der Waals surface area contributed by atoms with Gasteiger partial charge in [0, 0.05) is 52.6 Å². The number of fused-ring (bicyclic) bond motifs is 2. The third-order valence-corrected chi connectivity index (χ3v) is 7.36. The van der Waals surface area contributed by atoms with Crippen LogP contribution in [0.3, 0.4) is 0 Å². The number of benzene rings is 1. The van der Waals surface area contributed by atoms with E-state index in [1.807, 2.05) is 30.7 Å². The predicted molar refractivity (Wildman–Crippen MR) is 147 cm³/mol. The molecule has 188 valence electrons. The minimum atomic E-state index is -0.276. The SMILES string of the molecule is Fc1ccccc1-c1cncc2[nH]c(-c3n[nH]c4cnc(-c5cncc(CN6CCCCC6)c5)cc34)cc12. The summed E-state index contributed by atoms with van der Waals surface area (Å²) in [6.07, 6.45) is 12.9. The lowest BCUT2D eigenvalue weighted by atomic mass is 10.0. The maximum absolute atomic E-state index is 14.6. The van der Waals surface area contributed by atoms with Gasteiger partial charge in [-0.1, -0.05) is 24.6 Å². The lowest BCUT2D eigenvalue weighted by molar-refractivity contribution is 0.220. The Balaban J connectivity index is 1.26. The van der Waals surface area contributed by atoms with E-state index in [-0.39, 0.29) is 5.82 Å². The standard InChI is InChI=1S/C30H26FN7/c31-25-7-3-2-6-21(25)24-15-33-16-28-22(24)11-27(35-28)30-23-12-26(34-17-29(23)36-37-30)20-10-19(13-32-14-20)18-38-8-4-1-5-9-38/h2-3,6-7,10-17,35H,1,4-5,8-9,18H2,(H,36,37). The number of nitrogens with zero attached hydrogens (tertiary/aromatic N) is 5. The molecule has 1 aromatic carbocycles. The van der Waals surface area contributed by atoms with Crippen LogP contribution >= 0.6 is 0 Å². The molecule has 1 fully saturated rings. The molecular weight excluding hydrogens is 477 g/mol. The summed E-state index contributed by atoms with van der Waals surface area (Å²) in [6, 6.07) is 13.0. The van der Waals surface area contributed by atoms with E-state index >= 15 is 0 Å². The van der Waals surface area contributed by atoms with Gasteiger partial charge < -0.3 is 4.98 Å². The van der Waals surface area contributed by atoms with Gasteiger partial charge in [-0.2, -0.15) is 5.10 Å². The monoisotopic (exact) mass is 503 g/mol. The Morgan fingerprint density at radius 1 is 0.816 bits per heavy atom. The summed E-state index contributed by atoms with van der Waals surface area (Å²) in [5.74, 6) is -0.276. The zero-order valence-electron chi connectivity index (χ0n) is 20.8. The number of pyridine rings is 3. The van der Waals surface area contributed by atoms with Gasteiger partial charge in [-0.3, -0.25) is 25.0 Å². The van der Waals surface area contributed by atoms with Gasteiger partial charge in [0.1, 0.15) is 11.5 Å². The fourth-order valence-corrected chi connectivity index (χ4v) is 5.44. The van der Waals surface area contributed by atoms with E-state index in [2.05, 4.69) is 42.2 Å². The number of halogens is 1. The van der Waals surface area contributed by atoms with Gasteiger partial charge in [0.15, 0.2) is 0 Å². The molecule has 0 amide bonds. The number of piperidine rings is 1. The third-order valence-electron chi connectivity index (χ3n) is 7.36. The number of nitrogens with one attached hydrogen (secondary N) is 2. The normalized spacial score (nSPS) is 14.4. The van der Waals surface area contributed by atoms with E-state index < -0.39 is 0 Å². The maximum atomic E-state index is 14.6. The van der Waals surface area contributed by atoms with Crippen molar-refractivity contribution in [2.24, 2.45) is 0 Å². The second-order valence-electron chi connectivity index (χ2n) is 9.92. The molecule has 0 spiro atoms. The van der Waals surface area contributed by atoms with Gasteiger partial charge in [-0.15, -0.1) is 0 Å². The number of H-pyrrole nitrogens is 2. The van der Waals surface area contributed by atoms with Crippen LogP contribution in [-0.4, -0.2) is 48.1 Å². The lowest BCUT2D eigenvalue weighted by Gasteiger charge is -2.26. The molecule has 0 saturated carbocycles. The Morgan fingerprint density at radius 2 is 1.68 bits per heavy atom. The highest BCUT2D eigenvalue weighted by atomic mass is 19.1. The quantitative estimate of drug-likeness (QED) is 0.286. The van der Waals surface area contributed by atoms with Crippen molar-refractivity contribution in [1.82, 2.24) is 35.0 Å². The van der Waals surface area contributed by atoms with E-state index in [0.29, 0.717) is 5.56 Å². The van der Waals surface area contributed by atoms with Crippen LogP contribution in [0.2, 0.25) is 0 Å². The second-order valence-corrected chi connectivity index (χ2v) is 9.92. The highest BCUT2D eigenvalue weighted by molar-refractivity contribution is 6.01. The first-order valence-corrected chi connectivity index (χ1v) is 13.0. The van der Waals surface area contributed by atoms with Crippen LogP contribution in [0.1, 0.15) is 24.8 Å². The first kappa shape index (κ1) is 22.7. The van der Waals surface area contributed by atoms with Crippen LogP contribution in [-0.2, 0) is 6.54 Å². The summed E-state index contributed by atoms with van der Waals surface area (Å²) < 4.78 is 14.6. The van der Waals surface area contributed by atoms with Crippen LogP contribution in [0, 0.1) is 5.82 Å². The van der Waals surface area contributed by atoms with Crippen molar-refractivity contribution >= 4 is 21.8 Å². The first-order chi connectivity index (χ1) is 18.7. The Hall–Kier alpha value is -4.43. The first-order valence-electron chi connectivity index (χ1n) is 13.0. The van der Waals surface area contributed by atoms with Crippen molar-refractivity contribution in [2.45, 2.75) is 25.8 Å².